The van der Waals surface area contributed by atoms with Crippen LogP contribution >= 0.6 is 0 Å². The molecular formula is C47H43N3O2. The number of aromatic hydroxyl groups is 1. The van der Waals surface area contributed by atoms with Gasteiger partial charge < -0.3 is 9.84 Å². The molecule has 0 radical (unpaired) electrons. The molecule has 1 aliphatic carbocycles. The van der Waals surface area contributed by atoms with Gasteiger partial charge in [-0.15, -0.1) is 0 Å². The van der Waals surface area contributed by atoms with Gasteiger partial charge in [-0.25, -0.2) is 15.0 Å². The van der Waals surface area contributed by atoms with Crippen LogP contribution in [0.4, 0.5) is 0 Å². The number of hydrogen-bond acceptors (Lipinski definition) is 5. The summed E-state index contributed by atoms with van der Waals surface area (Å²) < 4.78 is 6.39. The number of benzene rings is 6. The second-order valence-electron chi connectivity index (χ2n) is 15.3. The molecule has 5 nitrogen and oxygen atoms in total. The fourth-order valence-corrected chi connectivity index (χ4v) is 8.49. The van der Waals surface area contributed by atoms with Gasteiger partial charge in [-0.2, -0.15) is 0 Å². The largest absolute Gasteiger partial charge is 0.508 e. The third-order valence-electron chi connectivity index (χ3n) is 10.5. The third kappa shape index (κ3) is 6.67. The standard InChI is InChI=1S/C47H43N3O2/c1-31-12-14-34(15-13-31)43-48-44(50-45(49-43)42-11-7-9-33-8-5-6-10-41(33)42)35-16-24-39(25-17-35)52-40-26-20-37(21-27-40)47(36-18-22-38(51)23-19-36)29-32(2)28-46(3,4)30-47/h5-27,32,51H,28-30H2,1-4H3. The van der Waals surface area contributed by atoms with Crippen molar-refractivity contribution in [3.63, 3.8) is 0 Å². The van der Waals surface area contributed by atoms with E-state index in [1.165, 1.54) is 23.1 Å². The minimum atomic E-state index is -0.137. The van der Waals surface area contributed by atoms with Crippen molar-refractivity contribution >= 4 is 10.8 Å². The van der Waals surface area contributed by atoms with Crippen LogP contribution < -0.4 is 4.74 Å². The van der Waals surface area contributed by atoms with E-state index in [1.54, 1.807) is 0 Å². The van der Waals surface area contributed by atoms with Gasteiger partial charge in [-0.05, 0) is 108 Å². The van der Waals surface area contributed by atoms with Crippen molar-refractivity contribution < 1.29 is 9.84 Å². The van der Waals surface area contributed by atoms with E-state index in [2.05, 4.69) is 119 Å². The average molecular weight is 682 g/mol. The van der Waals surface area contributed by atoms with Gasteiger partial charge in [0.25, 0.3) is 0 Å². The van der Waals surface area contributed by atoms with E-state index >= 15 is 0 Å². The lowest BCUT2D eigenvalue weighted by atomic mass is 9.55. The second-order valence-corrected chi connectivity index (χ2v) is 15.3. The highest BCUT2D eigenvalue weighted by Gasteiger charge is 2.45. The van der Waals surface area contributed by atoms with E-state index in [9.17, 15) is 5.11 Å². The molecule has 1 heterocycles. The van der Waals surface area contributed by atoms with E-state index in [0.29, 0.717) is 29.1 Å². The lowest BCUT2D eigenvalue weighted by Gasteiger charge is -2.48. The number of phenols is 1. The monoisotopic (exact) mass is 681 g/mol. The first kappa shape index (κ1) is 33.3. The Morgan fingerprint density at radius 2 is 1.13 bits per heavy atom. The predicted molar refractivity (Wildman–Crippen MR) is 211 cm³/mol. The fraction of sp³-hybridized carbons (Fsp3) is 0.213. The topological polar surface area (TPSA) is 68.1 Å². The van der Waals surface area contributed by atoms with E-state index in [4.69, 9.17) is 19.7 Å². The van der Waals surface area contributed by atoms with Gasteiger partial charge in [0.05, 0.1) is 0 Å². The van der Waals surface area contributed by atoms with Gasteiger partial charge in [-0.1, -0.05) is 117 Å². The molecule has 0 saturated heterocycles. The Hall–Kier alpha value is -5.81. The number of fused-ring (bicyclic) bond motifs is 1. The van der Waals surface area contributed by atoms with Crippen molar-refractivity contribution in [1.82, 2.24) is 15.0 Å². The molecule has 1 saturated carbocycles. The number of nitrogens with zero attached hydrogens (tertiary/aromatic N) is 3. The molecule has 0 spiro atoms. The molecule has 1 fully saturated rings. The first-order valence-electron chi connectivity index (χ1n) is 18.1. The van der Waals surface area contributed by atoms with Gasteiger partial charge in [0.2, 0.25) is 0 Å². The molecule has 6 aromatic carbocycles. The zero-order valence-electron chi connectivity index (χ0n) is 30.2. The average Bonchev–Trinajstić information content (AvgIpc) is 3.15. The molecular weight excluding hydrogens is 639 g/mol. The lowest BCUT2D eigenvalue weighted by molar-refractivity contribution is 0.127. The van der Waals surface area contributed by atoms with Crippen LogP contribution in [0.5, 0.6) is 17.2 Å². The molecule has 8 rings (SSSR count). The number of rotatable bonds is 7. The Labute approximate surface area is 306 Å². The summed E-state index contributed by atoms with van der Waals surface area (Å²) in [6.07, 6.45) is 3.31. The molecule has 1 aromatic heterocycles. The molecule has 1 aliphatic rings. The Morgan fingerprint density at radius 1 is 0.596 bits per heavy atom. The van der Waals surface area contributed by atoms with Crippen LogP contribution in [0, 0.1) is 18.3 Å². The quantitative estimate of drug-likeness (QED) is 0.181. The smallest absolute Gasteiger partial charge is 0.164 e. The molecule has 0 amide bonds. The van der Waals surface area contributed by atoms with E-state index in [-0.39, 0.29) is 10.8 Å². The van der Waals surface area contributed by atoms with Crippen molar-refractivity contribution in [2.75, 3.05) is 0 Å². The minimum absolute atomic E-state index is 0.137. The molecule has 7 aromatic rings. The van der Waals surface area contributed by atoms with Crippen LogP contribution in [0.1, 0.15) is 56.7 Å². The van der Waals surface area contributed by atoms with E-state index in [0.717, 1.165) is 51.8 Å². The van der Waals surface area contributed by atoms with Crippen LogP contribution in [0.25, 0.3) is 44.9 Å². The minimum Gasteiger partial charge on any atom is -0.508 e. The van der Waals surface area contributed by atoms with Crippen LogP contribution in [-0.2, 0) is 5.41 Å². The number of hydrogen-bond donors (Lipinski definition) is 1. The Morgan fingerprint density at radius 3 is 1.77 bits per heavy atom. The van der Waals surface area contributed by atoms with Crippen molar-refractivity contribution in [3.8, 4) is 51.4 Å². The van der Waals surface area contributed by atoms with E-state index < -0.39 is 0 Å². The van der Waals surface area contributed by atoms with Gasteiger partial charge in [0.1, 0.15) is 17.2 Å². The van der Waals surface area contributed by atoms with Crippen LogP contribution in [0.3, 0.4) is 0 Å². The zero-order valence-corrected chi connectivity index (χ0v) is 30.2. The summed E-state index contributed by atoms with van der Waals surface area (Å²) >= 11 is 0. The first-order valence-corrected chi connectivity index (χ1v) is 18.1. The highest BCUT2D eigenvalue weighted by Crippen LogP contribution is 2.53. The maximum atomic E-state index is 10.1. The Bertz CT molecular complexity index is 2340. The molecule has 0 aliphatic heterocycles. The molecule has 52 heavy (non-hydrogen) atoms. The van der Waals surface area contributed by atoms with E-state index in [1.807, 2.05) is 48.5 Å². The van der Waals surface area contributed by atoms with Crippen LogP contribution in [-0.4, -0.2) is 20.1 Å². The predicted octanol–water partition coefficient (Wildman–Crippen LogP) is 12.0. The highest BCUT2D eigenvalue weighted by molar-refractivity contribution is 5.95. The van der Waals surface area contributed by atoms with Crippen LogP contribution in [0.15, 0.2) is 140 Å². The van der Waals surface area contributed by atoms with Crippen LogP contribution in [0.2, 0.25) is 0 Å². The molecule has 5 heteroatoms. The summed E-state index contributed by atoms with van der Waals surface area (Å²) in [4.78, 5) is 14.9. The Balaban J connectivity index is 1.10. The summed E-state index contributed by atoms with van der Waals surface area (Å²) in [6.45, 7) is 9.20. The molecule has 2 atom stereocenters. The summed E-state index contributed by atoms with van der Waals surface area (Å²) in [5, 5.41) is 12.3. The number of aromatic nitrogens is 3. The molecule has 0 bridgehead atoms. The third-order valence-corrected chi connectivity index (χ3v) is 10.5. The number of ether oxygens (including phenoxy) is 1. The summed E-state index contributed by atoms with van der Waals surface area (Å²) in [7, 11) is 0. The maximum absolute atomic E-state index is 10.1. The first-order chi connectivity index (χ1) is 25.1. The molecule has 258 valence electrons. The summed E-state index contributed by atoms with van der Waals surface area (Å²) in [5.41, 5.74) is 6.56. The normalized spacial score (nSPS) is 18.3. The SMILES string of the molecule is Cc1ccc(-c2nc(-c3ccc(Oc4ccc(C5(c6ccc(O)cc6)CC(C)CC(C)(C)C5)cc4)cc3)nc(-c3cccc4ccccc34)n2)cc1. The molecule has 2 unspecified atom stereocenters. The summed E-state index contributed by atoms with van der Waals surface area (Å²) in [5.74, 6) is 4.26. The fourth-order valence-electron chi connectivity index (χ4n) is 8.49. The van der Waals surface area contributed by atoms with Gasteiger partial charge >= 0.3 is 0 Å². The maximum Gasteiger partial charge on any atom is 0.164 e. The molecule has 1 N–H and O–H groups in total. The second kappa shape index (κ2) is 13.4. The van der Waals surface area contributed by atoms with Crippen molar-refractivity contribution in [2.45, 2.75) is 52.4 Å². The van der Waals surface area contributed by atoms with Gasteiger partial charge in [0.15, 0.2) is 17.5 Å². The van der Waals surface area contributed by atoms with Crippen molar-refractivity contribution in [3.05, 3.63) is 156 Å². The van der Waals surface area contributed by atoms with Gasteiger partial charge in [0, 0.05) is 22.1 Å². The Kier molecular flexibility index (Phi) is 8.58. The number of aryl methyl sites for hydroxylation is 1. The van der Waals surface area contributed by atoms with Gasteiger partial charge in [-0.3, -0.25) is 0 Å². The lowest BCUT2D eigenvalue weighted by Crippen LogP contribution is -2.41. The summed E-state index contributed by atoms with van der Waals surface area (Å²) in [6, 6.07) is 47.2. The highest BCUT2D eigenvalue weighted by atomic mass is 16.5. The zero-order chi connectivity index (χ0) is 35.9. The van der Waals surface area contributed by atoms with Crippen molar-refractivity contribution in [1.29, 1.82) is 0 Å². The number of phenolic OH excluding ortho intramolecular Hbond substituents is 1. The van der Waals surface area contributed by atoms with Crippen molar-refractivity contribution in [2.24, 2.45) is 11.3 Å².